The number of Topliss-reactive ketones (excluding diaryl/α,β-unsaturated/α-hetero) is 1. The number of esters is 1. The quantitative estimate of drug-likeness (QED) is 0.512. The Balaban J connectivity index is 1.93. The van der Waals surface area contributed by atoms with Crippen LogP contribution in [0.5, 0.6) is 0 Å². The molecule has 2 unspecified atom stereocenters. The van der Waals surface area contributed by atoms with Gasteiger partial charge in [-0.15, -0.1) is 0 Å². The van der Waals surface area contributed by atoms with Crippen molar-refractivity contribution in [1.82, 2.24) is 5.32 Å². The van der Waals surface area contributed by atoms with Gasteiger partial charge in [0.1, 0.15) is 13.0 Å². The minimum Gasteiger partial charge on any atom is -0.466 e. The zero-order valence-electron chi connectivity index (χ0n) is 17.2. The topological polar surface area (TPSA) is 81.7 Å². The van der Waals surface area contributed by atoms with Gasteiger partial charge in [-0.1, -0.05) is 51.1 Å². The van der Waals surface area contributed by atoms with E-state index in [1.807, 2.05) is 30.3 Å². The molecule has 28 heavy (non-hydrogen) atoms. The molecule has 1 N–H and O–H groups in total. The Labute approximate surface area is 167 Å². The van der Waals surface area contributed by atoms with Crippen molar-refractivity contribution in [1.29, 1.82) is 0 Å². The molecule has 6 nitrogen and oxygen atoms in total. The Morgan fingerprint density at radius 1 is 1.14 bits per heavy atom. The molecule has 1 fully saturated rings. The highest BCUT2D eigenvalue weighted by Crippen LogP contribution is 2.52. The number of carbonyl (C=O) groups excluding carboxylic acids is 3. The van der Waals surface area contributed by atoms with E-state index in [1.165, 1.54) is 0 Å². The van der Waals surface area contributed by atoms with E-state index in [1.54, 1.807) is 6.92 Å². The monoisotopic (exact) mass is 389 g/mol. The normalized spacial score (nSPS) is 19.4. The van der Waals surface area contributed by atoms with Crippen LogP contribution in [0, 0.1) is 17.3 Å². The van der Waals surface area contributed by atoms with Crippen molar-refractivity contribution in [2.45, 2.75) is 59.6 Å². The SMILES string of the molecule is CCOC(=O)CC(=O)C(C[C@@H]1CC1C(C)(C)C)NC(=O)OCc1ccccc1. The maximum atomic E-state index is 12.6. The van der Waals surface area contributed by atoms with Crippen molar-refractivity contribution in [2.75, 3.05) is 6.61 Å². The number of hydrogen-bond donors (Lipinski definition) is 1. The maximum absolute atomic E-state index is 12.6. The lowest BCUT2D eigenvalue weighted by Crippen LogP contribution is -2.42. The molecule has 0 bridgehead atoms. The van der Waals surface area contributed by atoms with E-state index < -0.39 is 18.1 Å². The summed E-state index contributed by atoms with van der Waals surface area (Å²) >= 11 is 0. The zero-order chi connectivity index (χ0) is 20.7. The molecule has 1 aromatic rings. The summed E-state index contributed by atoms with van der Waals surface area (Å²) in [5, 5.41) is 2.66. The summed E-state index contributed by atoms with van der Waals surface area (Å²) in [4.78, 5) is 36.5. The van der Waals surface area contributed by atoms with Gasteiger partial charge in [0, 0.05) is 0 Å². The molecule has 0 saturated heterocycles. The van der Waals surface area contributed by atoms with Crippen molar-refractivity contribution in [3.05, 3.63) is 35.9 Å². The molecule has 1 aromatic carbocycles. The summed E-state index contributed by atoms with van der Waals surface area (Å²) in [6, 6.07) is 8.58. The zero-order valence-corrected chi connectivity index (χ0v) is 17.2. The molecule has 0 spiro atoms. The first-order valence-electron chi connectivity index (χ1n) is 9.86. The predicted octanol–water partition coefficient (Wildman–Crippen LogP) is 3.88. The first-order valence-corrected chi connectivity index (χ1v) is 9.86. The third-order valence-electron chi connectivity index (χ3n) is 5.09. The summed E-state index contributed by atoms with van der Waals surface area (Å²) in [6.45, 7) is 8.56. The van der Waals surface area contributed by atoms with Crippen LogP contribution in [0.15, 0.2) is 30.3 Å². The van der Waals surface area contributed by atoms with Crippen LogP contribution in [-0.2, 0) is 25.7 Å². The Hall–Kier alpha value is -2.37. The smallest absolute Gasteiger partial charge is 0.408 e. The van der Waals surface area contributed by atoms with E-state index >= 15 is 0 Å². The molecule has 1 aliphatic rings. The van der Waals surface area contributed by atoms with Gasteiger partial charge in [0.25, 0.3) is 0 Å². The number of ether oxygens (including phenoxy) is 2. The van der Waals surface area contributed by atoms with Crippen LogP contribution in [0.1, 0.15) is 52.5 Å². The average molecular weight is 389 g/mol. The fourth-order valence-electron chi connectivity index (χ4n) is 3.53. The van der Waals surface area contributed by atoms with Gasteiger partial charge in [-0.25, -0.2) is 4.79 Å². The minimum atomic E-state index is -0.745. The van der Waals surface area contributed by atoms with Crippen molar-refractivity contribution >= 4 is 17.8 Å². The van der Waals surface area contributed by atoms with Crippen LogP contribution in [0.4, 0.5) is 4.79 Å². The summed E-state index contributed by atoms with van der Waals surface area (Å²) < 4.78 is 10.1. The summed E-state index contributed by atoms with van der Waals surface area (Å²) in [7, 11) is 0. The summed E-state index contributed by atoms with van der Waals surface area (Å²) in [5.74, 6) is -0.0482. The number of carbonyl (C=O) groups is 3. The Kier molecular flexibility index (Phi) is 7.61. The molecule has 2 rings (SSSR count). The fraction of sp³-hybridized carbons (Fsp3) is 0.591. The highest BCUT2D eigenvalue weighted by molar-refractivity contribution is 5.99. The largest absolute Gasteiger partial charge is 0.466 e. The van der Waals surface area contributed by atoms with Crippen LogP contribution >= 0.6 is 0 Å². The van der Waals surface area contributed by atoms with E-state index in [2.05, 4.69) is 26.1 Å². The molecule has 0 heterocycles. The molecule has 6 heteroatoms. The maximum Gasteiger partial charge on any atom is 0.408 e. The number of alkyl carbamates (subject to hydrolysis) is 1. The first-order chi connectivity index (χ1) is 13.2. The van der Waals surface area contributed by atoms with Gasteiger partial charge in [-0.05, 0) is 42.6 Å². The number of benzene rings is 1. The van der Waals surface area contributed by atoms with E-state index in [-0.39, 0.29) is 30.8 Å². The lowest BCUT2D eigenvalue weighted by Gasteiger charge is -2.21. The van der Waals surface area contributed by atoms with Gasteiger partial charge < -0.3 is 14.8 Å². The van der Waals surface area contributed by atoms with E-state index in [4.69, 9.17) is 9.47 Å². The molecule has 1 saturated carbocycles. The third-order valence-corrected chi connectivity index (χ3v) is 5.09. The van der Waals surface area contributed by atoms with Crippen LogP contribution in [0.25, 0.3) is 0 Å². The highest BCUT2D eigenvalue weighted by atomic mass is 16.5. The van der Waals surface area contributed by atoms with Gasteiger partial charge >= 0.3 is 12.1 Å². The van der Waals surface area contributed by atoms with Crippen molar-refractivity contribution in [3.8, 4) is 0 Å². The van der Waals surface area contributed by atoms with Gasteiger partial charge in [0.2, 0.25) is 0 Å². The number of hydrogen-bond acceptors (Lipinski definition) is 5. The molecule has 1 amide bonds. The van der Waals surface area contributed by atoms with Crippen LogP contribution in [0.3, 0.4) is 0 Å². The highest BCUT2D eigenvalue weighted by Gasteiger charge is 2.46. The molecule has 0 aliphatic heterocycles. The van der Waals surface area contributed by atoms with Crippen LogP contribution < -0.4 is 5.32 Å². The number of amides is 1. The molecular formula is C22H31NO5. The minimum absolute atomic E-state index is 0.125. The molecule has 3 atom stereocenters. The third kappa shape index (κ3) is 6.98. The number of nitrogens with one attached hydrogen (secondary N) is 1. The lowest BCUT2D eigenvalue weighted by molar-refractivity contribution is -0.146. The van der Waals surface area contributed by atoms with Crippen molar-refractivity contribution < 1.29 is 23.9 Å². The second-order valence-electron chi connectivity index (χ2n) is 8.41. The molecule has 1 aliphatic carbocycles. The predicted molar refractivity (Wildman–Crippen MR) is 105 cm³/mol. The van der Waals surface area contributed by atoms with Gasteiger partial charge in [-0.3, -0.25) is 9.59 Å². The second-order valence-corrected chi connectivity index (χ2v) is 8.41. The standard InChI is InChI=1S/C22H31NO5/c1-5-27-20(25)13-19(24)18(12-16-11-17(16)22(2,3)4)23-21(26)28-14-15-9-7-6-8-10-15/h6-10,16-18H,5,11-14H2,1-4H3,(H,23,26)/t16-,17?,18?/m0/s1. The Bertz CT molecular complexity index is 680. The van der Waals surface area contributed by atoms with Crippen molar-refractivity contribution in [3.63, 3.8) is 0 Å². The van der Waals surface area contributed by atoms with E-state index in [9.17, 15) is 14.4 Å². The number of rotatable bonds is 9. The van der Waals surface area contributed by atoms with E-state index in [0.717, 1.165) is 12.0 Å². The molecular weight excluding hydrogens is 358 g/mol. The second kappa shape index (κ2) is 9.71. The Morgan fingerprint density at radius 3 is 2.39 bits per heavy atom. The van der Waals surface area contributed by atoms with Gasteiger partial charge in [0.15, 0.2) is 5.78 Å². The van der Waals surface area contributed by atoms with Crippen LogP contribution in [0.2, 0.25) is 0 Å². The lowest BCUT2D eigenvalue weighted by atomic mass is 9.87. The van der Waals surface area contributed by atoms with Gasteiger partial charge in [0.05, 0.1) is 12.6 Å². The molecule has 0 aromatic heterocycles. The fourth-order valence-corrected chi connectivity index (χ4v) is 3.53. The number of ketones is 1. The Morgan fingerprint density at radius 2 is 1.82 bits per heavy atom. The van der Waals surface area contributed by atoms with Crippen molar-refractivity contribution in [2.24, 2.45) is 17.3 Å². The van der Waals surface area contributed by atoms with Gasteiger partial charge in [-0.2, -0.15) is 0 Å². The molecule has 154 valence electrons. The van der Waals surface area contributed by atoms with Crippen LogP contribution in [-0.4, -0.2) is 30.5 Å². The average Bonchev–Trinajstić information content (AvgIpc) is 3.40. The summed E-state index contributed by atoms with van der Waals surface area (Å²) in [6.07, 6.45) is 0.539. The molecule has 0 radical (unpaired) electrons. The summed E-state index contributed by atoms with van der Waals surface area (Å²) in [5.41, 5.74) is 1.02. The first kappa shape index (κ1) is 21.9. The van der Waals surface area contributed by atoms with E-state index in [0.29, 0.717) is 18.3 Å².